The molecule has 1 heterocycles. The molecule has 1 unspecified atom stereocenters. The molecule has 0 spiro atoms. The van der Waals surface area contributed by atoms with E-state index in [1.807, 2.05) is 6.07 Å². The van der Waals surface area contributed by atoms with Gasteiger partial charge >= 0.3 is 5.97 Å². The van der Waals surface area contributed by atoms with Crippen LogP contribution in [0.25, 0.3) is 0 Å². The third kappa shape index (κ3) is 2.88. The summed E-state index contributed by atoms with van der Waals surface area (Å²) in [4.78, 5) is 14.0. The molecule has 0 saturated carbocycles. The first-order chi connectivity index (χ1) is 9.69. The number of rotatable bonds is 4. The van der Waals surface area contributed by atoms with Gasteiger partial charge < -0.3 is 20.5 Å². The number of hydrogen-bond acceptors (Lipinski definition) is 5. The number of carbonyl (C=O) groups excluding carboxylic acids is 1. The van der Waals surface area contributed by atoms with E-state index >= 15 is 0 Å². The van der Waals surface area contributed by atoms with E-state index in [9.17, 15) is 9.90 Å². The maximum absolute atomic E-state index is 11.9. The molecule has 1 saturated heterocycles. The number of carbonyl (C=O) groups is 1. The highest BCUT2D eigenvalue weighted by Crippen LogP contribution is 2.32. The lowest BCUT2D eigenvalue weighted by atomic mass is 10.0. The van der Waals surface area contributed by atoms with Crippen LogP contribution in [0.3, 0.4) is 0 Å². The van der Waals surface area contributed by atoms with Gasteiger partial charge in [0.2, 0.25) is 0 Å². The van der Waals surface area contributed by atoms with Crippen LogP contribution in [0.2, 0.25) is 0 Å². The monoisotopic (exact) mass is 278 g/mol. The average Bonchev–Trinajstić information content (AvgIpc) is 2.47. The summed E-state index contributed by atoms with van der Waals surface area (Å²) in [5.41, 5.74) is 7.78. The van der Waals surface area contributed by atoms with E-state index in [0.717, 1.165) is 31.5 Å². The van der Waals surface area contributed by atoms with E-state index in [0.29, 0.717) is 17.9 Å². The van der Waals surface area contributed by atoms with E-state index < -0.39 is 5.97 Å². The predicted molar refractivity (Wildman–Crippen MR) is 78.9 cm³/mol. The summed E-state index contributed by atoms with van der Waals surface area (Å²) < 4.78 is 5.02. The Morgan fingerprint density at radius 3 is 3.00 bits per heavy atom. The van der Waals surface area contributed by atoms with Gasteiger partial charge in [0.15, 0.2) is 0 Å². The molecule has 1 aromatic rings. The highest BCUT2D eigenvalue weighted by molar-refractivity contribution is 5.98. The van der Waals surface area contributed by atoms with Crippen LogP contribution in [0.5, 0.6) is 0 Å². The second-order valence-corrected chi connectivity index (χ2v) is 4.98. The van der Waals surface area contributed by atoms with Crippen LogP contribution in [0, 0.1) is 0 Å². The smallest absolute Gasteiger partial charge is 0.340 e. The van der Waals surface area contributed by atoms with Gasteiger partial charge in [-0.1, -0.05) is 6.07 Å². The number of aliphatic hydroxyl groups excluding tert-OH is 1. The fourth-order valence-electron chi connectivity index (χ4n) is 2.70. The van der Waals surface area contributed by atoms with Crippen LogP contribution in [-0.4, -0.2) is 36.9 Å². The summed E-state index contributed by atoms with van der Waals surface area (Å²) in [5.74, 6) is -0.399. The van der Waals surface area contributed by atoms with Gasteiger partial charge in [-0.25, -0.2) is 4.79 Å². The molecule has 0 bridgehead atoms. The molecule has 0 amide bonds. The summed E-state index contributed by atoms with van der Waals surface area (Å²) in [6, 6.07) is 5.45. The van der Waals surface area contributed by atoms with Crippen molar-refractivity contribution in [2.24, 2.45) is 0 Å². The van der Waals surface area contributed by atoms with Gasteiger partial charge in [0.05, 0.1) is 36.2 Å². The largest absolute Gasteiger partial charge is 0.462 e. The van der Waals surface area contributed by atoms with Gasteiger partial charge in [-0.15, -0.1) is 0 Å². The zero-order valence-corrected chi connectivity index (χ0v) is 11.8. The van der Waals surface area contributed by atoms with Gasteiger partial charge in [-0.05, 0) is 38.3 Å². The zero-order valence-electron chi connectivity index (χ0n) is 11.8. The molecule has 3 N–H and O–H groups in total. The number of nitrogens with zero attached hydrogens (tertiary/aromatic N) is 1. The number of ether oxygens (including phenoxy) is 1. The summed E-state index contributed by atoms with van der Waals surface area (Å²) >= 11 is 0. The van der Waals surface area contributed by atoms with Crippen molar-refractivity contribution in [2.45, 2.75) is 32.2 Å². The number of aliphatic hydroxyl groups is 1. The Morgan fingerprint density at radius 2 is 2.30 bits per heavy atom. The number of esters is 1. The van der Waals surface area contributed by atoms with Gasteiger partial charge in [0, 0.05) is 6.54 Å². The number of benzene rings is 1. The molecule has 1 fully saturated rings. The van der Waals surface area contributed by atoms with Crippen molar-refractivity contribution in [3.8, 4) is 0 Å². The molecular weight excluding hydrogens is 256 g/mol. The van der Waals surface area contributed by atoms with E-state index in [2.05, 4.69) is 4.90 Å². The predicted octanol–water partition coefficient (Wildman–Crippen LogP) is 1.80. The number of nitrogens with two attached hydrogens (primary N) is 1. The molecule has 20 heavy (non-hydrogen) atoms. The van der Waals surface area contributed by atoms with Crippen LogP contribution >= 0.6 is 0 Å². The quantitative estimate of drug-likeness (QED) is 0.649. The van der Waals surface area contributed by atoms with E-state index in [1.54, 1.807) is 19.1 Å². The van der Waals surface area contributed by atoms with E-state index in [4.69, 9.17) is 10.5 Å². The second-order valence-electron chi connectivity index (χ2n) is 4.98. The summed E-state index contributed by atoms with van der Waals surface area (Å²) in [6.45, 7) is 3.04. The van der Waals surface area contributed by atoms with Crippen molar-refractivity contribution in [2.75, 3.05) is 30.4 Å². The minimum absolute atomic E-state index is 0.0727. The van der Waals surface area contributed by atoms with Crippen molar-refractivity contribution in [1.82, 2.24) is 0 Å². The number of nitrogen functional groups attached to an aromatic ring is 1. The summed E-state index contributed by atoms with van der Waals surface area (Å²) in [7, 11) is 0. The molecule has 1 aliphatic heterocycles. The molecule has 1 aliphatic rings. The van der Waals surface area contributed by atoms with Crippen molar-refractivity contribution in [3.05, 3.63) is 23.8 Å². The number of para-hydroxylation sites is 1. The number of anilines is 2. The van der Waals surface area contributed by atoms with E-state index in [1.165, 1.54) is 0 Å². The molecule has 5 nitrogen and oxygen atoms in total. The first-order valence-electron chi connectivity index (χ1n) is 7.12. The topological polar surface area (TPSA) is 75.8 Å². The Balaban J connectivity index is 2.32. The lowest BCUT2D eigenvalue weighted by Gasteiger charge is -2.37. The summed E-state index contributed by atoms with van der Waals surface area (Å²) in [6.07, 6.45) is 3.12. The molecule has 2 rings (SSSR count). The molecule has 110 valence electrons. The van der Waals surface area contributed by atoms with Gasteiger partial charge in [-0.3, -0.25) is 0 Å². The minimum Gasteiger partial charge on any atom is -0.462 e. The first kappa shape index (κ1) is 14.7. The maximum atomic E-state index is 11.9. The summed E-state index contributed by atoms with van der Waals surface area (Å²) in [5, 5.41) is 9.50. The first-order valence-corrected chi connectivity index (χ1v) is 7.12. The van der Waals surface area contributed by atoms with E-state index in [-0.39, 0.29) is 12.6 Å². The second kappa shape index (κ2) is 6.61. The van der Waals surface area contributed by atoms with Crippen LogP contribution in [0.1, 0.15) is 36.5 Å². The average molecular weight is 278 g/mol. The SMILES string of the molecule is CCOC(=O)c1cccc(N2CCCCC2CO)c1N. The van der Waals surface area contributed by atoms with Crippen LogP contribution < -0.4 is 10.6 Å². The van der Waals surface area contributed by atoms with Crippen LogP contribution in [0.4, 0.5) is 11.4 Å². The van der Waals surface area contributed by atoms with Crippen LogP contribution in [0.15, 0.2) is 18.2 Å². The van der Waals surface area contributed by atoms with Crippen molar-refractivity contribution in [1.29, 1.82) is 0 Å². The normalized spacial score (nSPS) is 18.9. The van der Waals surface area contributed by atoms with Crippen molar-refractivity contribution >= 4 is 17.3 Å². The minimum atomic E-state index is -0.399. The lowest BCUT2D eigenvalue weighted by molar-refractivity contribution is 0.0527. The standard InChI is InChI=1S/C15H22N2O3/c1-2-20-15(19)12-7-5-8-13(14(12)16)17-9-4-3-6-11(17)10-18/h5,7-8,11,18H,2-4,6,9-10,16H2,1H3. The van der Waals surface area contributed by atoms with Gasteiger partial charge in [0.25, 0.3) is 0 Å². The van der Waals surface area contributed by atoms with Gasteiger partial charge in [-0.2, -0.15) is 0 Å². The highest BCUT2D eigenvalue weighted by Gasteiger charge is 2.25. The molecule has 0 aliphatic carbocycles. The molecule has 1 atom stereocenters. The third-order valence-corrected chi connectivity index (χ3v) is 3.73. The molecule has 5 heteroatoms. The fourth-order valence-corrected chi connectivity index (χ4v) is 2.70. The Kier molecular flexibility index (Phi) is 4.84. The Morgan fingerprint density at radius 1 is 1.50 bits per heavy atom. The zero-order chi connectivity index (χ0) is 14.5. The van der Waals surface area contributed by atoms with Crippen molar-refractivity contribution in [3.63, 3.8) is 0 Å². The fraction of sp³-hybridized carbons (Fsp3) is 0.533. The van der Waals surface area contributed by atoms with Crippen molar-refractivity contribution < 1.29 is 14.6 Å². The van der Waals surface area contributed by atoms with Crippen LogP contribution in [-0.2, 0) is 4.74 Å². The van der Waals surface area contributed by atoms with Gasteiger partial charge in [0.1, 0.15) is 0 Å². The maximum Gasteiger partial charge on any atom is 0.340 e. The molecular formula is C15H22N2O3. The molecule has 0 aromatic heterocycles. The Bertz CT molecular complexity index is 476. The number of hydrogen-bond donors (Lipinski definition) is 2. The molecule has 0 radical (unpaired) electrons. The highest BCUT2D eigenvalue weighted by atomic mass is 16.5. The Hall–Kier alpha value is -1.75. The third-order valence-electron chi connectivity index (χ3n) is 3.73. The Labute approximate surface area is 119 Å². The lowest BCUT2D eigenvalue weighted by Crippen LogP contribution is -2.42. The number of piperidine rings is 1. The molecule has 1 aromatic carbocycles.